The summed E-state index contributed by atoms with van der Waals surface area (Å²) in [6.07, 6.45) is 1.61. The van der Waals surface area contributed by atoms with E-state index in [1.807, 2.05) is 30.3 Å². The van der Waals surface area contributed by atoms with E-state index in [9.17, 15) is 9.59 Å². The molecule has 1 heterocycles. The highest BCUT2D eigenvalue weighted by Gasteiger charge is 2.36. The van der Waals surface area contributed by atoms with Gasteiger partial charge in [-0.1, -0.05) is 71.7 Å². The van der Waals surface area contributed by atoms with Gasteiger partial charge in [0, 0.05) is 5.02 Å². The molecule has 0 aromatic heterocycles. The van der Waals surface area contributed by atoms with Gasteiger partial charge in [0.2, 0.25) is 0 Å². The van der Waals surface area contributed by atoms with E-state index in [2.05, 4.69) is 12.1 Å². The topological polar surface area (TPSA) is 55.8 Å². The third-order valence-electron chi connectivity index (χ3n) is 5.66. The van der Waals surface area contributed by atoms with Gasteiger partial charge in [-0.3, -0.25) is 9.59 Å². The predicted molar refractivity (Wildman–Crippen MR) is 146 cm³/mol. The minimum Gasteiger partial charge on any atom is -0.493 e. The molecule has 0 radical (unpaired) electrons. The fourth-order valence-electron chi connectivity index (χ4n) is 3.99. The average Bonchev–Trinajstić information content (AvgIpc) is 3.15. The monoisotopic (exact) mass is 535 g/mol. The van der Waals surface area contributed by atoms with E-state index in [1.165, 1.54) is 7.11 Å². The maximum atomic E-state index is 13.0. The largest absolute Gasteiger partial charge is 0.493 e. The molecular weight excluding hydrogens is 517 g/mol. The van der Waals surface area contributed by atoms with Crippen molar-refractivity contribution >= 4 is 68.6 Å². The molecule has 1 aliphatic rings. The lowest BCUT2D eigenvalue weighted by molar-refractivity contribution is -0.113. The van der Waals surface area contributed by atoms with Crippen molar-refractivity contribution in [1.82, 2.24) is 0 Å². The van der Waals surface area contributed by atoms with E-state index in [4.69, 9.17) is 32.7 Å². The number of methoxy groups -OCH3 is 1. The van der Waals surface area contributed by atoms with E-state index >= 15 is 0 Å². The lowest BCUT2D eigenvalue weighted by atomic mass is 10.1. The van der Waals surface area contributed by atoms with Crippen LogP contribution in [0.4, 0.5) is 10.5 Å². The summed E-state index contributed by atoms with van der Waals surface area (Å²) in [5.74, 6) is 0.387. The number of halogens is 2. The standard InChI is InChI=1S/C28H19Cl2NO4S/c1-34-24-13-17(14-25-27(32)31(28(33)36-25)21-10-5-9-20(29)15-21)12-23(30)26(24)35-16-19-8-4-7-18-6-2-3-11-22(18)19/h2-15H,16H2,1H3/b25-14+. The Morgan fingerprint density at radius 3 is 2.53 bits per heavy atom. The molecule has 4 aromatic carbocycles. The van der Waals surface area contributed by atoms with Gasteiger partial charge in [-0.15, -0.1) is 0 Å². The second-order valence-electron chi connectivity index (χ2n) is 7.96. The molecule has 2 amide bonds. The second kappa shape index (κ2) is 10.3. The highest BCUT2D eigenvalue weighted by Crippen LogP contribution is 2.40. The van der Waals surface area contributed by atoms with E-state index in [1.54, 1.807) is 42.5 Å². The maximum absolute atomic E-state index is 13.0. The van der Waals surface area contributed by atoms with Crippen LogP contribution in [0.15, 0.2) is 83.8 Å². The summed E-state index contributed by atoms with van der Waals surface area (Å²) in [6, 6.07) is 24.1. The zero-order valence-corrected chi connectivity index (χ0v) is 21.4. The van der Waals surface area contributed by atoms with Crippen LogP contribution in [0.5, 0.6) is 11.5 Å². The number of nitrogens with zero attached hydrogens (tertiary/aromatic N) is 1. The van der Waals surface area contributed by atoms with Gasteiger partial charge in [0.25, 0.3) is 11.1 Å². The van der Waals surface area contributed by atoms with Crippen LogP contribution in [-0.2, 0) is 11.4 Å². The Morgan fingerprint density at radius 1 is 0.944 bits per heavy atom. The Kier molecular flexibility index (Phi) is 6.92. The normalized spacial score (nSPS) is 14.6. The fourth-order valence-corrected chi connectivity index (χ4v) is 5.29. The van der Waals surface area contributed by atoms with Gasteiger partial charge in [0.05, 0.1) is 22.7 Å². The van der Waals surface area contributed by atoms with Crippen LogP contribution in [0.3, 0.4) is 0 Å². The zero-order valence-electron chi connectivity index (χ0n) is 19.0. The molecule has 1 aliphatic heterocycles. The van der Waals surface area contributed by atoms with Gasteiger partial charge >= 0.3 is 0 Å². The summed E-state index contributed by atoms with van der Waals surface area (Å²) in [5.41, 5.74) is 2.04. The number of benzene rings is 4. The van der Waals surface area contributed by atoms with Crippen molar-refractivity contribution in [2.24, 2.45) is 0 Å². The van der Waals surface area contributed by atoms with Crippen molar-refractivity contribution in [3.63, 3.8) is 0 Å². The number of fused-ring (bicyclic) bond motifs is 1. The fraction of sp³-hybridized carbons (Fsp3) is 0.0714. The molecular formula is C28H19Cl2NO4S. The quantitative estimate of drug-likeness (QED) is 0.234. The number of hydrogen-bond donors (Lipinski definition) is 0. The van der Waals surface area contributed by atoms with Crippen LogP contribution in [0.25, 0.3) is 16.8 Å². The second-order valence-corrected chi connectivity index (χ2v) is 9.79. The third-order valence-corrected chi connectivity index (χ3v) is 7.05. The van der Waals surface area contributed by atoms with E-state index in [0.717, 1.165) is 33.0 Å². The van der Waals surface area contributed by atoms with Gasteiger partial charge < -0.3 is 9.47 Å². The maximum Gasteiger partial charge on any atom is 0.298 e. The molecule has 180 valence electrons. The number of imide groups is 1. The number of carbonyl (C=O) groups excluding carboxylic acids is 2. The van der Waals surface area contributed by atoms with Crippen LogP contribution in [0.2, 0.25) is 10.0 Å². The molecule has 36 heavy (non-hydrogen) atoms. The van der Waals surface area contributed by atoms with Gasteiger partial charge in [0.15, 0.2) is 11.5 Å². The minimum absolute atomic E-state index is 0.266. The van der Waals surface area contributed by atoms with Crippen molar-refractivity contribution in [3.8, 4) is 11.5 Å². The molecule has 1 saturated heterocycles. The molecule has 0 N–H and O–H groups in total. The van der Waals surface area contributed by atoms with Crippen molar-refractivity contribution in [2.75, 3.05) is 12.0 Å². The number of amides is 2. The zero-order chi connectivity index (χ0) is 25.2. The Morgan fingerprint density at radius 2 is 1.72 bits per heavy atom. The number of anilines is 1. The molecule has 5 nitrogen and oxygen atoms in total. The van der Waals surface area contributed by atoms with Gasteiger partial charge in [0.1, 0.15) is 6.61 Å². The Hall–Kier alpha value is -3.45. The first-order valence-corrected chi connectivity index (χ1v) is 12.5. The third kappa shape index (κ3) is 4.80. The molecule has 4 aromatic rings. The highest BCUT2D eigenvalue weighted by atomic mass is 35.5. The summed E-state index contributed by atoms with van der Waals surface area (Å²) in [6.45, 7) is 0.301. The Balaban J connectivity index is 1.41. The first-order chi connectivity index (χ1) is 17.4. The number of carbonyl (C=O) groups is 2. The number of hydrogen-bond acceptors (Lipinski definition) is 5. The summed E-state index contributed by atoms with van der Waals surface area (Å²) < 4.78 is 11.6. The number of thioether (sulfide) groups is 1. The van der Waals surface area contributed by atoms with E-state index in [0.29, 0.717) is 39.4 Å². The van der Waals surface area contributed by atoms with Gasteiger partial charge in [-0.25, -0.2) is 4.90 Å². The van der Waals surface area contributed by atoms with Crippen LogP contribution >= 0.6 is 35.0 Å². The van der Waals surface area contributed by atoms with Crippen molar-refractivity contribution in [3.05, 3.63) is 105 Å². The van der Waals surface area contributed by atoms with E-state index in [-0.39, 0.29) is 4.91 Å². The Bertz CT molecular complexity index is 1530. The summed E-state index contributed by atoms with van der Waals surface area (Å²) in [4.78, 5) is 26.9. The van der Waals surface area contributed by atoms with Crippen molar-refractivity contribution in [1.29, 1.82) is 0 Å². The van der Waals surface area contributed by atoms with Gasteiger partial charge in [-0.2, -0.15) is 0 Å². The summed E-state index contributed by atoms with van der Waals surface area (Å²) in [7, 11) is 1.52. The SMILES string of the molecule is COc1cc(/C=C2/SC(=O)N(c3cccc(Cl)c3)C2=O)cc(Cl)c1OCc1cccc2ccccc12. The molecule has 1 fully saturated rings. The summed E-state index contributed by atoms with van der Waals surface area (Å²) >= 11 is 13.5. The summed E-state index contributed by atoms with van der Waals surface area (Å²) in [5, 5.41) is 2.59. The molecule has 0 unspecified atom stereocenters. The molecule has 0 atom stereocenters. The van der Waals surface area contributed by atoms with Crippen LogP contribution in [0, 0.1) is 0 Å². The van der Waals surface area contributed by atoms with Crippen molar-refractivity contribution in [2.45, 2.75) is 6.61 Å². The Labute approximate surface area is 222 Å². The molecule has 0 spiro atoms. The predicted octanol–water partition coefficient (Wildman–Crippen LogP) is 7.98. The lowest BCUT2D eigenvalue weighted by Crippen LogP contribution is -2.27. The van der Waals surface area contributed by atoms with Crippen LogP contribution in [-0.4, -0.2) is 18.3 Å². The van der Waals surface area contributed by atoms with Gasteiger partial charge in [-0.05, 0) is 70.1 Å². The van der Waals surface area contributed by atoms with Crippen LogP contribution < -0.4 is 14.4 Å². The van der Waals surface area contributed by atoms with E-state index < -0.39 is 11.1 Å². The average molecular weight is 536 g/mol. The molecule has 8 heteroatoms. The van der Waals surface area contributed by atoms with Crippen molar-refractivity contribution < 1.29 is 19.1 Å². The molecule has 0 aliphatic carbocycles. The smallest absolute Gasteiger partial charge is 0.298 e. The molecule has 0 bridgehead atoms. The molecule has 0 saturated carbocycles. The van der Waals surface area contributed by atoms with Crippen LogP contribution in [0.1, 0.15) is 11.1 Å². The lowest BCUT2D eigenvalue weighted by Gasteiger charge is -2.15. The number of rotatable bonds is 6. The molecule has 5 rings (SSSR count). The number of ether oxygens (including phenoxy) is 2. The minimum atomic E-state index is -0.432. The first-order valence-electron chi connectivity index (χ1n) is 10.9. The highest BCUT2D eigenvalue weighted by molar-refractivity contribution is 8.19. The first kappa shape index (κ1) is 24.3.